The highest BCUT2D eigenvalue weighted by atomic mass is 35.5. The number of rotatable bonds is 5. The summed E-state index contributed by atoms with van der Waals surface area (Å²) in [6.07, 6.45) is 1.26. The number of nitrogens with one attached hydrogen (secondary N) is 1. The fraction of sp³-hybridized carbons (Fsp3) is 0.500. The van der Waals surface area contributed by atoms with Gasteiger partial charge in [0.1, 0.15) is 40.3 Å². The van der Waals surface area contributed by atoms with E-state index in [2.05, 4.69) is 33.7 Å². The van der Waals surface area contributed by atoms with E-state index >= 15 is 4.39 Å². The zero-order chi connectivity index (χ0) is 30.7. The Bertz CT molecular complexity index is 1450. The summed E-state index contributed by atoms with van der Waals surface area (Å²) in [6, 6.07) is 3.77. The van der Waals surface area contributed by atoms with Gasteiger partial charge in [0.2, 0.25) is 5.91 Å². The van der Waals surface area contributed by atoms with Gasteiger partial charge in [-0.2, -0.15) is 0 Å². The molecule has 230 valence electrons. The van der Waals surface area contributed by atoms with E-state index in [1.54, 1.807) is 9.80 Å². The molecule has 4 aliphatic heterocycles. The smallest absolute Gasteiger partial charge is 0.261 e. The maximum Gasteiger partial charge on any atom is 0.261 e. The number of pyridine rings is 1. The van der Waals surface area contributed by atoms with Crippen molar-refractivity contribution in [1.82, 2.24) is 30.1 Å². The number of aromatic nitrogens is 1. The van der Waals surface area contributed by atoms with Crippen molar-refractivity contribution in [3.05, 3.63) is 47.3 Å². The fourth-order valence-electron chi connectivity index (χ4n) is 7.05. The minimum atomic E-state index is -0.697. The number of hydrazine groups is 1. The van der Waals surface area contributed by atoms with Crippen molar-refractivity contribution >= 4 is 29.2 Å². The van der Waals surface area contributed by atoms with E-state index in [0.717, 1.165) is 6.54 Å². The van der Waals surface area contributed by atoms with Crippen molar-refractivity contribution in [2.45, 2.75) is 31.1 Å². The summed E-state index contributed by atoms with van der Waals surface area (Å²) in [5.74, 6) is -0.894. The number of anilines is 1. The number of hydrogen-bond acceptors (Lipinski definition) is 9. The van der Waals surface area contributed by atoms with Gasteiger partial charge in [0.15, 0.2) is 5.75 Å². The molecule has 3 saturated heterocycles. The highest BCUT2D eigenvalue weighted by molar-refractivity contribution is 6.35. The molecule has 0 aliphatic carbocycles. The molecule has 2 aromatic rings. The van der Waals surface area contributed by atoms with Crippen LogP contribution in [0.2, 0.25) is 5.02 Å². The number of halogens is 2. The van der Waals surface area contributed by atoms with Crippen molar-refractivity contribution in [3.63, 3.8) is 0 Å². The summed E-state index contributed by atoms with van der Waals surface area (Å²) in [5, 5.41) is 12.8. The van der Waals surface area contributed by atoms with E-state index in [1.807, 2.05) is 21.1 Å². The number of piperazine rings is 1. The Balaban J connectivity index is 1.48. The number of fused-ring (bicyclic) bond motifs is 3. The minimum absolute atomic E-state index is 0.00123. The van der Waals surface area contributed by atoms with Crippen LogP contribution in [-0.4, -0.2) is 126 Å². The molecule has 2 N–H and O–H groups in total. The molecule has 0 radical (unpaired) electrons. The molecule has 5 heterocycles. The molecule has 3 unspecified atom stereocenters. The Morgan fingerprint density at radius 3 is 2.74 bits per heavy atom. The predicted molar refractivity (Wildman–Crippen MR) is 161 cm³/mol. The van der Waals surface area contributed by atoms with E-state index in [4.69, 9.17) is 21.3 Å². The molecule has 1 aromatic heterocycles. The van der Waals surface area contributed by atoms with Gasteiger partial charge in [-0.3, -0.25) is 9.59 Å². The number of ether oxygens (including phenoxy) is 1. The van der Waals surface area contributed by atoms with Gasteiger partial charge in [0.05, 0.1) is 11.6 Å². The number of nitrogens with zero attached hydrogens (tertiary/aromatic N) is 6. The first kappa shape index (κ1) is 29.6. The molecule has 13 heteroatoms. The Hall–Kier alpha value is -3.45. The standard InChI is InChI=1S/C30H37ClFN7O4/c1-6-22(41)37-10-11-38-17(12-37)15-43-28-24(30(38)42)29(33-27(25(28)31)23-19(32)8-7-9-21(23)40)39-13-18-20(14-35(3)4)36(5)34-26(18)16(39)2/h6-9,16-18,20,26,34,40H,1,10-15H2,2-5H3/t16-,17+,18?,20?,26?/m0/s1. The molecule has 5 atom stereocenters. The number of carbonyl (C=O) groups excluding carboxylic acids is 2. The van der Waals surface area contributed by atoms with Gasteiger partial charge in [-0.1, -0.05) is 24.2 Å². The van der Waals surface area contributed by atoms with Crippen LogP contribution in [0.3, 0.4) is 0 Å². The highest BCUT2D eigenvalue weighted by Gasteiger charge is 2.51. The molecule has 3 fully saturated rings. The number of hydrogen-bond donors (Lipinski definition) is 2. The van der Waals surface area contributed by atoms with Crippen LogP contribution in [0.4, 0.5) is 10.2 Å². The third-order valence-corrected chi connectivity index (χ3v) is 9.57. The van der Waals surface area contributed by atoms with E-state index in [0.29, 0.717) is 25.5 Å². The highest BCUT2D eigenvalue weighted by Crippen LogP contribution is 2.48. The lowest BCUT2D eigenvalue weighted by atomic mass is 9.94. The van der Waals surface area contributed by atoms with Crippen LogP contribution in [0.1, 0.15) is 17.3 Å². The monoisotopic (exact) mass is 613 g/mol. The maximum atomic E-state index is 15.2. The number of likely N-dealkylation sites (N-methyl/N-ethyl adjacent to an activating group) is 2. The van der Waals surface area contributed by atoms with Crippen LogP contribution < -0.4 is 15.1 Å². The van der Waals surface area contributed by atoms with Crippen LogP contribution in [0.5, 0.6) is 11.5 Å². The van der Waals surface area contributed by atoms with E-state index in [-0.39, 0.29) is 82.4 Å². The van der Waals surface area contributed by atoms with E-state index < -0.39 is 11.9 Å². The molecule has 1 aromatic carbocycles. The minimum Gasteiger partial charge on any atom is -0.507 e. The Labute approximate surface area is 255 Å². The van der Waals surface area contributed by atoms with Gasteiger partial charge < -0.3 is 29.4 Å². The van der Waals surface area contributed by atoms with Crippen molar-refractivity contribution in [2.75, 3.05) is 65.4 Å². The Morgan fingerprint density at radius 2 is 2.05 bits per heavy atom. The first-order chi connectivity index (χ1) is 20.5. The molecule has 6 rings (SSSR count). The summed E-state index contributed by atoms with van der Waals surface area (Å²) >= 11 is 6.90. The first-order valence-corrected chi connectivity index (χ1v) is 14.9. The molecule has 43 heavy (non-hydrogen) atoms. The lowest BCUT2D eigenvalue weighted by molar-refractivity contribution is -0.128. The maximum absolute atomic E-state index is 15.2. The van der Waals surface area contributed by atoms with Gasteiger partial charge in [-0.25, -0.2) is 19.8 Å². The predicted octanol–water partition coefficient (Wildman–Crippen LogP) is 2.05. The Kier molecular flexibility index (Phi) is 7.74. The second-order valence-electron chi connectivity index (χ2n) is 12.0. The summed E-state index contributed by atoms with van der Waals surface area (Å²) in [5.41, 5.74) is 3.66. The largest absolute Gasteiger partial charge is 0.507 e. The zero-order valence-corrected chi connectivity index (χ0v) is 25.5. The van der Waals surface area contributed by atoms with Gasteiger partial charge in [0.25, 0.3) is 5.91 Å². The van der Waals surface area contributed by atoms with Gasteiger partial charge >= 0.3 is 0 Å². The molecule has 11 nitrogen and oxygen atoms in total. The molecule has 0 bridgehead atoms. The fourth-order valence-corrected chi connectivity index (χ4v) is 7.33. The van der Waals surface area contributed by atoms with Crippen molar-refractivity contribution in [3.8, 4) is 22.8 Å². The number of carbonyl (C=O) groups is 2. The molecule has 2 amide bonds. The summed E-state index contributed by atoms with van der Waals surface area (Å²) in [6.45, 7) is 8.10. The lowest BCUT2D eigenvalue weighted by Gasteiger charge is -2.39. The number of amides is 2. The number of aromatic hydroxyl groups is 1. The average Bonchev–Trinajstić information content (AvgIpc) is 3.39. The van der Waals surface area contributed by atoms with Crippen molar-refractivity contribution in [2.24, 2.45) is 5.92 Å². The normalized spacial score (nSPS) is 27.1. The summed E-state index contributed by atoms with van der Waals surface area (Å²) < 4.78 is 21.5. The number of phenols is 1. The zero-order valence-electron chi connectivity index (χ0n) is 24.8. The SMILES string of the molecule is C=CC(=O)N1CCN2C(=O)c3c(N4CC5C(NN(C)C5CN(C)C)[C@@H]4C)nc(-c4c(O)cccc4F)c(Cl)c3OC[C@H]2C1. The summed E-state index contributed by atoms with van der Waals surface area (Å²) in [4.78, 5) is 39.2. The van der Waals surface area contributed by atoms with Gasteiger partial charge in [-0.15, -0.1) is 0 Å². The number of benzene rings is 1. The van der Waals surface area contributed by atoms with Crippen LogP contribution >= 0.6 is 11.6 Å². The second-order valence-corrected chi connectivity index (χ2v) is 12.4. The number of phenolic OH excluding ortho intramolecular Hbond substituents is 1. The topological polar surface area (TPSA) is 105 Å². The van der Waals surface area contributed by atoms with Crippen LogP contribution in [0, 0.1) is 11.7 Å². The van der Waals surface area contributed by atoms with Crippen LogP contribution in [0.25, 0.3) is 11.3 Å². The average molecular weight is 614 g/mol. The Morgan fingerprint density at radius 1 is 1.28 bits per heavy atom. The molecular formula is C30H37ClFN7O4. The third-order valence-electron chi connectivity index (χ3n) is 9.22. The molecule has 0 saturated carbocycles. The molecule has 4 aliphatic rings. The second kappa shape index (κ2) is 11.2. The van der Waals surface area contributed by atoms with Crippen molar-refractivity contribution in [1.29, 1.82) is 0 Å². The van der Waals surface area contributed by atoms with Gasteiger partial charge in [-0.05, 0) is 39.2 Å². The molecule has 0 spiro atoms. The third kappa shape index (κ3) is 4.90. The van der Waals surface area contributed by atoms with E-state index in [9.17, 15) is 14.7 Å². The molecular weight excluding hydrogens is 577 g/mol. The first-order valence-electron chi connectivity index (χ1n) is 14.5. The van der Waals surface area contributed by atoms with E-state index in [1.165, 1.54) is 24.3 Å². The quantitative estimate of drug-likeness (QED) is 0.491. The summed E-state index contributed by atoms with van der Waals surface area (Å²) in [7, 11) is 6.13. The van der Waals surface area contributed by atoms with Crippen LogP contribution in [-0.2, 0) is 4.79 Å². The van der Waals surface area contributed by atoms with Gasteiger partial charge in [0, 0.05) is 63.8 Å². The van der Waals surface area contributed by atoms with Crippen molar-refractivity contribution < 1.29 is 23.8 Å². The lowest BCUT2D eigenvalue weighted by Crippen LogP contribution is -2.57. The van der Waals surface area contributed by atoms with Crippen LogP contribution in [0.15, 0.2) is 30.9 Å².